The van der Waals surface area contributed by atoms with E-state index in [4.69, 9.17) is 0 Å². The number of nitrogens with zero attached hydrogens (tertiary/aromatic N) is 1. The van der Waals surface area contributed by atoms with Crippen LogP contribution in [0.1, 0.15) is 32.1 Å². The summed E-state index contributed by atoms with van der Waals surface area (Å²) in [6.45, 7) is -0.0678. The van der Waals surface area contributed by atoms with Gasteiger partial charge in [0.25, 0.3) is 0 Å². The lowest BCUT2D eigenvalue weighted by Gasteiger charge is -2.33. The molecular weight excluding hydrogens is 278 g/mol. The van der Waals surface area contributed by atoms with Crippen molar-refractivity contribution in [2.24, 2.45) is 0 Å². The maximum absolute atomic E-state index is 12.7. The molecule has 0 amide bonds. The first-order valence-corrected chi connectivity index (χ1v) is 8.41. The number of phenolic OH excluding ortho intramolecular Hbond substituents is 1. The fraction of sp³-hybridized carbons (Fsp3) is 0.571. The van der Waals surface area contributed by atoms with Crippen LogP contribution >= 0.6 is 0 Å². The van der Waals surface area contributed by atoms with Crippen LogP contribution in [-0.2, 0) is 10.0 Å². The molecule has 6 heteroatoms. The summed E-state index contributed by atoms with van der Waals surface area (Å²) in [5.74, 6) is 0.0373. The van der Waals surface area contributed by atoms with E-state index in [1.807, 2.05) is 0 Å². The van der Waals surface area contributed by atoms with Crippen molar-refractivity contribution in [2.75, 3.05) is 13.2 Å². The molecule has 0 saturated heterocycles. The van der Waals surface area contributed by atoms with E-state index >= 15 is 0 Å². The van der Waals surface area contributed by atoms with E-state index < -0.39 is 10.0 Å². The molecule has 0 radical (unpaired) electrons. The Morgan fingerprint density at radius 2 is 1.70 bits per heavy atom. The summed E-state index contributed by atoms with van der Waals surface area (Å²) < 4.78 is 26.7. The summed E-state index contributed by atoms with van der Waals surface area (Å²) in [6.07, 6.45) is 4.88. The van der Waals surface area contributed by atoms with Crippen LogP contribution in [0, 0.1) is 0 Å². The molecular formula is C14H21NO4S. The highest BCUT2D eigenvalue weighted by Crippen LogP contribution is 2.28. The van der Waals surface area contributed by atoms with Gasteiger partial charge in [0, 0.05) is 12.6 Å². The Balaban J connectivity index is 2.28. The molecule has 20 heavy (non-hydrogen) atoms. The summed E-state index contributed by atoms with van der Waals surface area (Å²) in [4.78, 5) is 0.161. The lowest BCUT2D eigenvalue weighted by Crippen LogP contribution is -2.43. The van der Waals surface area contributed by atoms with Crippen molar-refractivity contribution in [3.63, 3.8) is 0 Å². The summed E-state index contributed by atoms with van der Waals surface area (Å²) >= 11 is 0. The highest BCUT2D eigenvalue weighted by Gasteiger charge is 2.31. The SMILES string of the molecule is O=S(=O)(c1ccc(O)cc1)N(CCO)C1CCCCC1. The summed E-state index contributed by atoms with van der Waals surface area (Å²) in [6, 6.07) is 5.50. The molecule has 0 spiro atoms. The molecule has 1 aromatic rings. The number of aliphatic hydroxyl groups is 1. The smallest absolute Gasteiger partial charge is 0.243 e. The van der Waals surface area contributed by atoms with Gasteiger partial charge in [-0.1, -0.05) is 19.3 Å². The maximum atomic E-state index is 12.7. The lowest BCUT2D eigenvalue weighted by molar-refractivity contribution is 0.199. The molecule has 0 aliphatic heterocycles. The summed E-state index contributed by atoms with van der Waals surface area (Å²) in [7, 11) is -3.62. The number of phenols is 1. The topological polar surface area (TPSA) is 77.8 Å². The Morgan fingerprint density at radius 1 is 1.10 bits per heavy atom. The molecule has 2 rings (SSSR count). The van der Waals surface area contributed by atoms with Gasteiger partial charge in [0.05, 0.1) is 11.5 Å². The van der Waals surface area contributed by atoms with E-state index in [-0.39, 0.29) is 29.8 Å². The highest BCUT2D eigenvalue weighted by atomic mass is 32.2. The van der Waals surface area contributed by atoms with Crippen LogP contribution in [0.3, 0.4) is 0 Å². The van der Waals surface area contributed by atoms with E-state index in [1.165, 1.54) is 28.6 Å². The first kappa shape index (κ1) is 15.3. The molecule has 1 saturated carbocycles. The third kappa shape index (κ3) is 3.31. The number of benzene rings is 1. The summed E-state index contributed by atoms with van der Waals surface area (Å²) in [5.41, 5.74) is 0. The highest BCUT2D eigenvalue weighted by molar-refractivity contribution is 7.89. The Bertz CT molecular complexity index is 521. The first-order chi connectivity index (χ1) is 9.55. The lowest BCUT2D eigenvalue weighted by atomic mass is 9.95. The number of sulfonamides is 1. The van der Waals surface area contributed by atoms with Crippen LogP contribution in [0.2, 0.25) is 0 Å². The van der Waals surface area contributed by atoms with Crippen molar-refractivity contribution < 1.29 is 18.6 Å². The van der Waals surface area contributed by atoms with Gasteiger partial charge in [-0.3, -0.25) is 0 Å². The quantitative estimate of drug-likeness (QED) is 0.867. The Kier molecular flexibility index (Phi) is 5.01. The number of rotatable bonds is 5. The van der Waals surface area contributed by atoms with Gasteiger partial charge in [0.2, 0.25) is 10.0 Å². The zero-order valence-electron chi connectivity index (χ0n) is 11.4. The largest absolute Gasteiger partial charge is 0.508 e. The van der Waals surface area contributed by atoms with Gasteiger partial charge in [-0.25, -0.2) is 8.42 Å². The molecule has 1 aromatic carbocycles. The van der Waals surface area contributed by atoms with Gasteiger partial charge in [0.15, 0.2) is 0 Å². The predicted molar refractivity (Wildman–Crippen MR) is 76.0 cm³/mol. The third-order valence-electron chi connectivity index (χ3n) is 3.75. The fourth-order valence-corrected chi connectivity index (χ4v) is 4.40. The Labute approximate surface area is 119 Å². The van der Waals surface area contributed by atoms with Crippen molar-refractivity contribution in [1.82, 2.24) is 4.31 Å². The van der Waals surface area contributed by atoms with Crippen molar-refractivity contribution in [2.45, 2.75) is 43.0 Å². The van der Waals surface area contributed by atoms with Gasteiger partial charge in [-0.05, 0) is 37.1 Å². The molecule has 0 aromatic heterocycles. The van der Waals surface area contributed by atoms with Crippen LogP contribution in [0.15, 0.2) is 29.2 Å². The molecule has 0 unspecified atom stereocenters. The molecule has 5 nitrogen and oxygen atoms in total. The molecule has 0 bridgehead atoms. The first-order valence-electron chi connectivity index (χ1n) is 6.97. The van der Waals surface area contributed by atoms with Crippen LogP contribution in [0.4, 0.5) is 0 Å². The normalized spacial score (nSPS) is 17.5. The molecule has 2 N–H and O–H groups in total. The minimum absolute atomic E-state index is 0.0327. The summed E-state index contributed by atoms with van der Waals surface area (Å²) in [5, 5.41) is 18.4. The molecule has 1 aliphatic carbocycles. The second-order valence-corrected chi connectivity index (χ2v) is 7.02. The monoisotopic (exact) mass is 299 g/mol. The van der Waals surface area contributed by atoms with E-state index in [0.29, 0.717) is 0 Å². The maximum Gasteiger partial charge on any atom is 0.243 e. The minimum atomic E-state index is -3.62. The molecule has 0 atom stereocenters. The van der Waals surface area contributed by atoms with Gasteiger partial charge in [0.1, 0.15) is 5.75 Å². The van der Waals surface area contributed by atoms with Crippen molar-refractivity contribution in [3.05, 3.63) is 24.3 Å². The van der Waals surface area contributed by atoms with E-state index in [1.54, 1.807) is 0 Å². The Morgan fingerprint density at radius 3 is 2.25 bits per heavy atom. The second kappa shape index (κ2) is 6.56. The van der Waals surface area contributed by atoms with Gasteiger partial charge >= 0.3 is 0 Å². The number of aromatic hydroxyl groups is 1. The molecule has 112 valence electrons. The number of aliphatic hydroxyl groups excluding tert-OH is 1. The van der Waals surface area contributed by atoms with Gasteiger partial charge in [-0.15, -0.1) is 0 Å². The molecule has 0 heterocycles. The average Bonchev–Trinajstić information content (AvgIpc) is 2.46. The Hall–Kier alpha value is -1.11. The van der Waals surface area contributed by atoms with E-state index in [0.717, 1.165) is 32.1 Å². The van der Waals surface area contributed by atoms with Crippen molar-refractivity contribution in [1.29, 1.82) is 0 Å². The van der Waals surface area contributed by atoms with E-state index in [2.05, 4.69) is 0 Å². The standard InChI is InChI=1S/C14H21NO4S/c16-11-10-15(12-4-2-1-3-5-12)20(18,19)14-8-6-13(17)7-9-14/h6-9,12,16-17H,1-5,10-11H2. The van der Waals surface area contributed by atoms with Crippen LogP contribution in [0.25, 0.3) is 0 Å². The van der Waals surface area contributed by atoms with Crippen molar-refractivity contribution in [3.8, 4) is 5.75 Å². The number of hydrogen-bond acceptors (Lipinski definition) is 4. The van der Waals surface area contributed by atoms with Crippen LogP contribution < -0.4 is 0 Å². The fourth-order valence-electron chi connectivity index (χ4n) is 2.72. The second-order valence-electron chi connectivity index (χ2n) is 5.13. The molecule has 1 fully saturated rings. The predicted octanol–water partition coefficient (Wildman–Crippen LogP) is 1.71. The van der Waals surface area contributed by atoms with E-state index in [9.17, 15) is 18.6 Å². The zero-order chi connectivity index (χ0) is 14.6. The minimum Gasteiger partial charge on any atom is -0.508 e. The van der Waals surface area contributed by atoms with Crippen LogP contribution in [-0.4, -0.2) is 42.1 Å². The number of hydrogen-bond donors (Lipinski definition) is 2. The van der Waals surface area contributed by atoms with Gasteiger partial charge < -0.3 is 10.2 Å². The third-order valence-corrected chi connectivity index (χ3v) is 5.71. The average molecular weight is 299 g/mol. The van der Waals surface area contributed by atoms with Crippen LogP contribution in [0.5, 0.6) is 5.75 Å². The van der Waals surface area contributed by atoms with Gasteiger partial charge in [-0.2, -0.15) is 4.31 Å². The van der Waals surface area contributed by atoms with Crippen molar-refractivity contribution >= 4 is 10.0 Å². The molecule has 1 aliphatic rings. The zero-order valence-corrected chi connectivity index (χ0v) is 12.2.